The molecule has 136 valence electrons. The molecule has 1 aromatic carbocycles. The lowest BCUT2D eigenvalue weighted by atomic mass is 10.1. The van der Waals surface area contributed by atoms with Gasteiger partial charge in [0.25, 0.3) is 0 Å². The van der Waals surface area contributed by atoms with E-state index in [1.165, 1.54) is 24.3 Å². The Morgan fingerprint density at radius 3 is 2.46 bits per heavy atom. The highest BCUT2D eigenvalue weighted by molar-refractivity contribution is 14.0. The Kier molecular flexibility index (Phi) is 12.2. The van der Waals surface area contributed by atoms with Gasteiger partial charge in [-0.05, 0) is 49.9 Å². The molecule has 3 N–H and O–H groups in total. The zero-order chi connectivity index (χ0) is 17.1. The summed E-state index contributed by atoms with van der Waals surface area (Å²) in [4.78, 5) is 16.1. The number of halogens is 2. The topological polar surface area (TPSA) is 65.5 Å². The van der Waals surface area contributed by atoms with Crippen LogP contribution in [0.5, 0.6) is 0 Å². The van der Waals surface area contributed by atoms with E-state index in [0.29, 0.717) is 17.6 Å². The third-order valence-corrected chi connectivity index (χ3v) is 3.10. The second kappa shape index (κ2) is 13.0. The maximum atomic E-state index is 12.8. The first-order valence-corrected chi connectivity index (χ1v) is 8.09. The molecule has 5 nitrogen and oxygen atoms in total. The smallest absolute Gasteiger partial charge is 0.246 e. The van der Waals surface area contributed by atoms with Gasteiger partial charge in [0.05, 0.1) is 0 Å². The lowest BCUT2D eigenvalue weighted by Crippen LogP contribution is -2.38. The second-order valence-electron chi connectivity index (χ2n) is 5.71. The molecular weight excluding hydrogens is 422 g/mol. The number of benzene rings is 1. The van der Waals surface area contributed by atoms with Gasteiger partial charge in [0.1, 0.15) is 12.4 Å². The number of guanidine groups is 1. The molecular formula is C17H28FIN4O. The molecule has 0 aliphatic heterocycles. The van der Waals surface area contributed by atoms with Gasteiger partial charge in [-0.3, -0.25) is 4.79 Å². The van der Waals surface area contributed by atoms with Gasteiger partial charge in [-0.2, -0.15) is 0 Å². The van der Waals surface area contributed by atoms with Crippen LogP contribution in [0.3, 0.4) is 0 Å². The highest BCUT2D eigenvalue weighted by Crippen LogP contribution is 2.07. The summed E-state index contributed by atoms with van der Waals surface area (Å²) >= 11 is 0. The Bertz CT molecular complexity index is 506. The Balaban J connectivity index is 0.00000529. The first kappa shape index (κ1) is 22.6. The summed E-state index contributed by atoms with van der Waals surface area (Å²) in [5.41, 5.74) is 0.557. The molecule has 0 bridgehead atoms. The fraction of sp³-hybridized carbons (Fsp3) is 0.529. The molecule has 1 aromatic rings. The molecule has 1 amide bonds. The molecule has 7 heteroatoms. The molecule has 0 saturated heterocycles. The number of rotatable bonds is 8. The first-order valence-electron chi connectivity index (χ1n) is 8.09. The lowest BCUT2D eigenvalue weighted by Gasteiger charge is -2.12. The summed E-state index contributed by atoms with van der Waals surface area (Å²) in [5, 5.41) is 9.00. The van der Waals surface area contributed by atoms with Crippen LogP contribution in [-0.2, 0) is 4.79 Å². The third kappa shape index (κ3) is 10.4. The summed E-state index contributed by atoms with van der Waals surface area (Å²) in [6.07, 6.45) is 2.21. The molecule has 1 rings (SSSR count). The van der Waals surface area contributed by atoms with Crippen LogP contribution in [0, 0.1) is 11.7 Å². The standard InChI is InChI=1S/C17H27FN4O.HI/c1-4-19-17(20-11-5-6-13(2)3)21-12-16(23)22-15-9-7-14(18)8-10-15;/h7-10,13H,4-6,11-12H2,1-3H3,(H,22,23)(H2,19,20,21);1H. The van der Waals surface area contributed by atoms with E-state index in [1.54, 1.807) is 0 Å². The summed E-state index contributed by atoms with van der Waals surface area (Å²) in [5.74, 6) is 0.736. The SMILES string of the molecule is CCNC(=NCC(=O)Nc1ccc(F)cc1)NCCCC(C)C.I. The average molecular weight is 450 g/mol. The molecule has 0 fully saturated rings. The van der Waals surface area contributed by atoms with E-state index in [2.05, 4.69) is 34.8 Å². The van der Waals surface area contributed by atoms with Crippen molar-refractivity contribution in [3.63, 3.8) is 0 Å². The van der Waals surface area contributed by atoms with Crippen molar-refractivity contribution >= 4 is 41.5 Å². The van der Waals surface area contributed by atoms with Crippen molar-refractivity contribution in [1.82, 2.24) is 10.6 Å². The minimum Gasteiger partial charge on any atom is -0.357 e. The number of anilines is 1. The number of nitrogens with one attached hydrogen (secondary N) is 3. The van der Waals surface area contributed by atoms with E-state index >= 15 is 0 Å². The summed E-state index contributed by atoms with van der Waals surface area (Å²) in [7, 11) is 0. The highest BCUT2D eigenvalue weighted by Gasteiger charge is 2.03. The molecule has 24 heavy (non-hydrogen) atoms. The fourth-order valence-electron chi connectivity index (χ4n) is 1.94. The molecule has 0 heterocycles. The van der Waals surface area contributed by atoms with Gasteiger partial charge in [-0.25, -0.2) is 9.38 Å². The number of nitrogens with zero attached hydrogens (tertiary/aromatic N) is 1. The van der Waals surface area contributed by atoms with E-state index in [0.717, 1.165) is 25.9 Å². The van der Waals surface area contributed by atoms with Crippen LogP contribution in [0.25, 0.3) is 0 Å². The van der Waals surface area contributed by atoms with Crippen molar-refractivity contribution in [3.05, 3.63) is 30.1 Å². The third-order valence-electron chi connectivity index (χ3n) is 3.10. The van der Waals surface area contributed by atoms with Gasteiger partial charge < -0.3 is 16.0 Å². The Labute approximate surface area is 160 Å². The van der Waals surface area contributed by atoms with Crippen molar-refractivity contribution in [1.29, 1.82) is 0 Å². The predicted molar refractivity (Wildman–Crippen MR) is 108 cm³/mol. The minimum absolute atomic E-state index is 0. The van der Waals surface area contributed by atoms with Gasteiger partial charge in [0.2, 0.25) is 5.91 Å². The monoisotopic (exact) mass is 450 g/mol. The second-order valence-corrected chi connectivity index (χ2v) is 5.71. The maximum absolute atomic E-state index is 12.8. The molecule has 0 aliphatic carbocycles. The number of hydrogen-bond donors (Lipinski definition) is 3. The first-order chi connectivity index (χ1) is 11.0. The lowest BCUT2D eigenvalue weighted by molar-refractivity contribution is -0.114. The minimum atomic E-state index is -0.332. The zero-order valence-electron chi connectivity index (χ0n) is 14.6. The highest BCUT2D eigenvalue weighted by atomic mass is 127. The van der Waals surface area contributed by atoms with Crippen LogP contribution in [0.2, 0.25) is 0 Å². The molecule has 0 saturated carbocycles. The van der Waals surface area contributed by atoms with Crippen LogP contribution in [0.15, 0.2) is 29.3 Å². The van der Waals surface area contributed by atoms with Gasteiger partial charge in [-0.15, -0.1) is 24.0 Å². The predicted octanol–water partition coefficient (Wildman–Crippen LogP) is 3.37. The maximum Gasteiger partial charge on any atom is 0.246 e. The van der Waals surface area contributed by atoms with Crippen LogP contribution in [0.1, 0.15) is 33.6 Å². The molecule has 0 unspecified atom stereocenters. The molecule has 0 aliphatic rings. The van der Waals surface area contributed by atoms with Crippen molar-refractivity contribution in [3.8, 4) is 0 Å². The number of carbonyl (C=O) groups excluding carboxylic acids is 1. The molecule has 0 aromatic heterocycles. The molecule has 0 radical (unpaired) electrons. The summed E-state index contributed by atoms with van der Waals surface area (Å²) in [6.45, 7) is 7.93. The normalized spacial score (nSPS) is 11.0. The molecule has 0 atom stereocenters. The fourth-order valence-corrected chi connectivity index (χ4v) is 1.94. The number of hydrogen-bond acceptors (Lipinski definition) is 2. The van der Waals surface area contributed by atoms with Crippen LogP contribution < -0.4 is 16.0 Å². The number of aliphatic imine (C=N–C) groups is 1. The average Bonchev–Trinajstić information content (AvgIpc) is 2.51. The van der Waals surface area contributed by atoms with Crippen LogP contribution in [0.4, 0.5) is 10.1 Å². The Hall–Kier alpha value is -1.38. The van der Waals surface area contributed by atoms with Crippen molar-refractivity contribution < 1.29 is 9.18 Å². The molecule has 0 spiro atoms. The Morgan fingerprint density at radius 2 is 1.88 bits per heavy atom. The van der Waals surface area contributed by atoms with Crippen molar-refractivity contribution in [2.45, 2.75) is 33.6 Å². The Morgan fingerprint density at radius 1 is 1.21 bits per heavy atom. The number of amides is 1. The quantitative estimate of drug-likeness (QED) is 0.246. The van der Waals surface area contributed by atoms with E-state index in [9.17, 15) is 9.18 Å². The van der Waals surface area contributed by atoms with Gasteiger partial charge >= 0.3 is 0 Å². The van der Waals surface area contributed by atoms with Crippen LogP contribution >= 0.6 is 24.0 Å². The van der Waals surface area contributed by atoms with E-state index in [4.69, 9.17) is 0 Å². The van der Waals surface area contributed by atoms with Gasteiger partial charge in [-0.1, -0.05) is 13.8 Å². The van der Waals surface area contributed by atoms with Gasteiger partial charge in [0.15, 0.2) is 5.96 Å². The summed E-state index contributed by atoms with van der Waals surface area (Å²) < 4.78 is 12.8. The largest absolute Gasteiger partial charge is 0.357 e. The van der Waals surface area contributed by atoms with E-state index in [1.807, 2.05) is 6.92 Å². The zero-order valence-corrected chi connectivity index (χ0v) is 16.9. The number of carbonyl (C=O) groups is 1. The van der Waals surface area contributed by atoms with Crippen molar-refractivity contribution in [2.24, 2.45) is 10.9 Å². The van der Waals surface area contributed by atoms with Crippen molar-refractivity contribution in [2.75, 3.05) is 25.0 Å². The summed E-state index contributed by atoms with van der Waals surface area (Å²) in [6, 6.07) is 5.65. The van der Waals surface area contributed by atoms with Gasteiger partial charge in [0, 0.05) is 18.8 Å². The van der Waals surface area contributed by atoms with E-state index in [-0.39, 0.29) is 42.2 Å². The van der Waals surface area contributed by atoms with Crippen LogP contribution in [-0.4, -0.2) is 31.5 Å². The van der Waals surface area contributed by atoms with E-state index < -0.39 is 0 Å².